The van der Waals surface area contributed by atoms with Crippen molar-refractivity contribution in [3.8, 4) is 11.5 Å². The summed E-state index contributed by atoms with van der Waals surface area (Å²) in [4.78, 5) is 12.6. The molecule has 3 fully saturated rings. The molecule has 1 unspecified atom stereocenters. The van der Waals surface area contributed by atoms with Crippen LogP contribution in [0.3, 0.4) is 0 Å². The summed E-state index contributed by atoms with van der Waals surface area (Å²) in [7, 11) is -7.53. The van der Waals surface area contributed by atoms with E-state index < -0.39 is 55.1 Å². The second-order valence-corrected chi connectivity index (χ2v) is 17.0. The van der Waals surface area contributed by atoms with Crippen molar-refractivity contribution in [1.29, 1.82) is 0 Å². The first-order chi connectivity index (χ1) is 21.8. The molecule has 3 aliphatic rings. The van der Waals surface area contributed by atoms with Gasteiger partial charge in [0.05, 0.1) is 41.6 Å². The van der Waals surface area contributed by atoms with E-state index in [0.29, 0.717) is 48.9 Å². The van der Waals surface area contributed by atoms with Gasteiger partial charge < -0.3 is 34.5 Å². The van der Waals surface area contributed by atoms with Crippen LogP contribution in [-0.4, -0.2) is 106 Å². The van der Waals surface area contributed by atoms with Crippen LogP contribution in [0.1, 0.15) is 39.0 Å². The Morgan fingerprint density at radius 1 is 1.11 bits per heavy atom. The normalized spacial score (nSPS) is 21.4. The number of aliphatic hydroxyl groups excluding tert-OH is 2. The van der Waals surface area contributed by atoms with Crippen LogP contribution in [0.2, 0.25) is 0 Å². The number of carbonyl (C=O) groups is 1. The first kappa shape index (κ1) is 34.9. The summed E-state index contributed by atoms with van der Waals surface area (Å²) in [5, 5.41) is 22.4. The molecule has 3 N–H and O–H groups in total. The standard InChI is InChI=1S/C30H39BrN2O11S2/c1-2-41-26-7-6-21(31)14-27(26)46(39,40)33-12-10-29(11-13-33)16-24(19-43-29)44-28(36)32-17-22(35)18-42-23-4-3-5-25(15-23)45(37,38)30(20-34)8-9-30/h3-7,14-15,22,24,34-35H,2,8-13,16-20H2,1H3,(H,32,36)/t22?,24-/m0/s1. The van der Waals surface area contributed by atoms with Crippen LogP contribution >= 0.6 is 15.9 Å². The average molecular weight is 748 g/mol. The van der Waals surface area contributed by atoms with E-state index in [4.69, 9.17) is 18.9 Å². The number of hydrogen-bond acceptors (Lipinski definition) is 11. The predicted molar refractivity (Wildman–Crippen MR) is 169 cm³/mol. The molecule has 1 saturated carbocycles. The van der Waals surface area contributed by atoms with Gasteiger partial charge in [-0.2, -0.15) is 4.31 Å². The highest BCUT2D eigenvalue weighted by atomic mass is 79.9. The SMILES string of the molecule is CCOc1ccc(Br)cc1S(=O)(=O)N1CCC2(CC1)C[C@H](OC(=O)NCC(O)COc1cccc(S(=O)(=O)C3(CO)CC3)c1)CO2. The summed E-state index contributed by atoms with van der Waals surface area (Å²) < 4.78 is 76.1. The van der Waals surface area contributed by atoms with Crippen molar-refractivity contribution in [3.63, 3.8) is 0 Å². The number of hydrogen-bond donors (Lipinski definition) is 3. The van der Waals surface area contributed by atoms with Gasteiger partial charge in [0.2, 0.25) is 10.0 Å². The van der Waals surface area contributed by atoms with Crippen LogP contribution in [-0.2, 0) is 29.3 Å². The highest BCUT2D eigenvalue weighted by Gasteiger charge is 2.54. The molecule has 254 valence electrons. The molecule has 46 heavy (non-hydrogen) atoms. The summed E-state index contributed by atoms with van der Waals surface area (Å²) in [6.45, 7) is 1.94. The van der Waals surface area contributed by atoms with Crippen molar-refractivity contribution < 1.29 is 50.8 Å². The number of nitrogens with one attached hydrogen (secondary N) is 1. The molecule has 2 aliphatic heterocycles. The summed E-state index contributed by atoms with van der Waals surface area (Å²) in [5.41, 5.74) is -0.608. The lowest BCUT2D eigenvalue weighted by molar-refractivity contribution is -0.0325. The van der Waals surface area contributed by atoms with Gasteiger partial charge in [0.15, 0.2) is 9.84 Å². The lowest BCUT2D eigenvalue weighted by Crippen LogP contribution is -2.46. The third-order valence-electron chi connectivity index (χ3n) is 8.61. The third-order valence-corrected chi connectivity index (χ3v) is 13.6. The van der Waals surface area contributed by atoms with E-state index in [9.17, 15) is 31.8 Å². The molecule has 16 heteroatoms. The first-order valence-electron chi connectivity index (χ1n) is 15.1. The zero-order chi connectivity index (χ0) is 33.2. The Morgan fingerprint density at radius 3 is 2.52 bits per heavy atom. The number of ether oxygens (including phenoxy) is 4. The molecule has 2 aromatic rings. The highest BCUT2D eigenvalue weighted by molar-refractivity contribution is 9.10. The maximum Gasteiger partial charge on any atom is 0.407 e. The topological polar surface area (TPSA) is 178 Å². The molecule has 5 rings (SSSR count). The molecule has 0 bridgehead atoms. The lowest BCUT2D eigenvalue weighted by Gasteiger charge is -2.37. The fraction of sp³-hybridized carbons (Fsp3) is 0.567. The number of rotatable bonds is 13. The number of benzene rings is 2. The van der Waals surface area contributed by atoms with Crippen molar-refractivity contribution in [2.45, 2.75) is 71.4 Å². The second kappa shape index (κ2) is 13.9. The number of carbonyl (C=O) groups excluding carboxylic acids is 1. The smallest absolute Gasteiger partial charge is 0.407 e. The fourth-order valence-corrected chi connectivity index (χ4v) is 9.69. The Kier molecular flexibility index (Phi) is 10.6. The van der Waals surface area contributed by atoms with Gasteiger partial charge in [-0.1, -0.05) is 22.0 Å². The van der Waals surface area contributed by atoms with E-state index in [1.807, 2.05) is 0 Å². The number of alkyl carbamates (subject to hydrolysis) is 1. The van der Waals surface area contributed by atoms with Gasteiger partial charge in [0.25, 0.3) is 0 Å². The van der Waals surface area contributed by atoms with E-state index in [1.165, 1.54) is 28.6 Å². The molecule has 2 heterocycles. The molecular weight excluding hydrogens is 708 g/mol. The number of aliphatic hydroxyl groups is 2. The molecule has 1 spiro atoms. The Hall–Kier alpha value is -2.47. The lowest BCUT2D eigenvalue weighted by atomic mass is 9.89. The summed E-state index contributed by atoms with van der Waals surface area (Å²) in [6, 6.07) is 10.8. The highest BCUT2D eigenvalue weighted by Crippen LogP contribution is 2.46. The predicted octanol–water partition coefficient (Wildman–Crippen LogP) is 2.62. The average Bonchev–Trinajstić information content (AvgIpc) is 3.77. The minimum atomic E-state index is -3.81. The number of sulfonamides is 1. The third kappa shape index (κ3) is 7.48. The largest absolute Gasteiger partial charge is 0.492 e. The summed E-state index contributed by atoms with van der Waals surface area (Å²) in [6.07, 6.45) is -0.297. The molecule has 2 aromatic carbocycles. The minimum absolute atomic E-state index is 0.0387. The zero-order valence-corrected chi connectivity index (χ0v) is 28.6. The van der Waals surface area contributed by atoms with Crippen LogP contribution in [0, 0.1) is 0 Å². The number of piperidine rings is 1. The van der Waals surface area contributed by atoms with Crippen molar-refractivity contribution in [2.75, 3.05) is 46.1 Å². The van der Waals surface area contributed by atoms with E-state index in [-0.39, 0.29) is 48.4 Å². The molecule has 0 radical (unpaired) electrons. The summed E-state index contributed by atoms with van der Waals surface area (Å²) >= 11 is 3.34. The second-order valence-electron chi connectivity index (χ2n) is 11.8. The van der Waals surface area contributed by atoms with Gasteiger partial charge in [-0.05, 0) is 69.0 Å². The maximum absolute atomic E-state index is 13.5. The van der Waals surface area contributed by atoms with E-state index in [2.05, 4.69) is 21.2 Å². The molecule has 2 atom stereocenters. The van der Waals surface area contributed by atoms with Crippen molar-refractivity contribution in [2.24, 2.45) is 0 Å². The van der Waals surface area contributed by atoms with Gasteiger partial charge in [-0.15, -0.1) is 0 Å². The first-order valence-corrected chi connectivity index (χ1v) is 18.8. The maximum atomic E-state index is 13.5. The Bertz CT molecular complexity index is 1620. The number of halogens is 1. The van der Waals surface area contributed by atoms with Gasteiger partial charge >= 0.3 is 6.09 Å². The van der Waals surface area contributed by atoms with Crippen LogP contribution < -0.4 is 14.8 Å². The van der Waals surface area contributed by atoms with Crippen LogP contribution in [0.25, 0.3) is 0 Å². The molecule has 2 saturated heterocycles. The Labute approximate surface area is 277 Å². The molecule has 1 amide bonds. The quantitative estimate of drug-likeness (QED) is 0.275. The van der Waals surface area contributed by atoms with Crippen LogP contribution in [0.15, 0.2) is 56.7 Å². The number of nitrogens with zero attached hydrogens (tertiary/aromatic N) is 1. The van der Waals surface area contributed by atoms with E-state index >= 15 is 0 Å². The Morgan fingerprint density at radius 2 is 1.85 bits per heavy atom. The van der Waals surface area contributed by atoms with Crippen molar-refractivity contribution in [3.05, 3.63) is 46.9 Å². The van der Waals surface area contributed by atoms with Gasteiger partial charge in [0.1, 0.15) is 35.2 Å². The fourth-order valence-electron chi connectivity index (χ4n) is 5.74. The van der Waals surface area contributed by atoms with E-state index in [0.717, 1.165) is 0 Å². The minimum Gasteiger partial charge on any atom is -0.492 e. The zero-order valence-electron chi connectivity index (χ0n) is 25.4. The molecule has 0 aromatic heterocycles. The monoisotopic (exact) mass is 746 g/mol. The number of sulfone groups is 1. The molecular formula is C30H39BrN2O11S2. The van der Waals surface area contributed by atoms with Crippen molar-refractivity contribution in [1.82, 2.24) is 9.62 Å². The molecule has 1 aliphatic carbocycles. The van der Waals surface area contributed by atoms with Gasteiger partial charge in [0, 0.05) is 24.0 Å². The van der Waals surface area contributed by atoms with Crippen LogP contribution in [0.5, 0.6) is 11.5 Å². The Balaban J connectivity index is 1.06. The summed E-state index contributed by atoms with van der Waals surface area (Å²) in [5.74, 6) is 0.527. The molecule has 13 nitrogen and oxygen atoms in total. The van der Waals surface area contributed by atoms with E-state index in [1.54, 1.807) is 25.1 Å². The van der Waals surface area contributed by atoms with Gasteiger partial charge in [-0.3, -0.25) is 0 Å². The van der Waals surface area contributed by atoms with Crippen LogP contribution in [0.4, 0.5) is 4.79 Å². The van der Waals surface area contributed by atoms with Gasteiger partial charge in [-0.25, -0.2) is 21.6 Å². The number of amides is 1. The van der Waals surface area contributed by atoms with Crippen molar-refractivity contribution >= 4 is 41.9 Å².